The fourth-order valence-electron chi connectivity index (χ4n) is 4.00. The number of methoxy groups -OCH3 is 1. The van der Waals surface area contributed by atoms with Crippen molar-refractivity contribution in [3.8, 4) is 28.4 Å². The van der Waals surface area contributed by atoms with Crippen LogP contribution in [-0.2, 0) is 11.2 Å². The van der Waals surface area contributed by atoms with Gasteiger partial charge in [-0.05, 0) is 36.8 Å². The van der Waals surface area contributed by atoms with E-state index < -0.39 is 0 Å². The summed E-state index contributed by atoms with van der Waals surface area (Å²) in [6.07, 6.45) is 0.888. The number of hydrogen-bond acceptors (Lipinski definition) is 6. The van der Waals surface area contributed by atoms with Gasteiger partial charge >= 0.3 is 0 Å². The number of fused-ring (bicyclic) bond motifs is 3. The SMILES string of the molecule is COc1ccc(-c2nc3c(c(N4CCOCC4)n2)CCNc2ccccc2-3)cc1. The van der Waals surface area contributed by atoms with E-state index in [1.54, 1.807) is 7.11 Å². The Bertz CT molecular complexity index is 1010. The van der Waals surface area contributed by atoms with Gasteiger partial charge in [-0.3, -0.25) is 0 Å². The van der Waals surface area contributed by atoms with Crippen LogP contribution >= 0.6 is 0 Å². The first-order valence-electron chi connectivity index (χ1n) is 10.0. The molecule has 6 nitrogen and oxygen atoms in total. The molecule has 0 unspecified atom stereocenters. The summed E-state index contributed by atoms with van der Waals surface area (Å²) < 4.78 is 10.9. The molecule has 3 aromatic rings. The fraction of sp³-hybridized carbons (Fsp3) is 0.304. The van der Waals surface area contributed by atoms with Crippen LogP contribution < -0.4 is 15.0 Å². The van der Waals surface area contributed by atoms with E-state index in [0.717, 1.165) is 79.2 Å². The van der Waals surface area contributed by atoms with Gasteiger partial charge in [0.2, 0.25) is 0 Å². The average Bonchev–Trinajstić information content (AvgIpc) is 2.98. The van der Waals surface area contributed by atoms with E-state index in [9.17, 15) is 0 Å². The van der Waals surface area contributed by atoms with Crippen molar-refractivity contribution in [2.45, 2.75) is 6.42 Å². The topological polar surface area (TPSA) is 59.5 Å². The maximum Gasteiger partial charge on any atom is 0.162 e. The summed E-state index contributed by atoms with van der Waals surface area (Å²) in [5.74, 6) is 2.60. The van der Waals surface area contributed by atoms with Crippen LogP contribution in [0.15, 0.2) is 48.5 Å². The molecule has 0 radical (unpaired) electrons. The number of hydrogen-bond donors (Lipinski definition) is 1. The fourth-order valence-corrected chi connectivity index (χ4v) is 4.00. The largest absolute Gasteiger partial charge is 0.497 e. The third-order valence-corrected chi connectivity index (χ3v) is 5.52. The molecule has 0 saturated carbocycles. The molecule has 148 valence electrons. The molecule has 1 aromatic heterocycles. The maximum absolute atomic E-state index is 5.58. The molecule has 1 saturated heterocycles. The molecule has 29 heavy (non-hydrogen) atoms. The van der Waals surface area contributed by atoms with Gasteiger partial charge in [-0.25, -0.2) is 9.97 Å². The van der Waals surface area contributed by atoms with Crippen molar-refractivity contribution in [3.05, 3.63) is 54.1 Å². The van der Waals surface area contributed by atoms with Crippen molar-refractivity contribution in [2.75, 3.05) is 50.2 Å². The van der Waals surface area contributed by atoms with Gasteiger partial charge in [0.1, 0.15) is 11.6 Å². The predicted molar refractivity (Wildman–Crippen MR) is 115 cm³/mol. The molecule has 0 atom stereocenters. The van der Waals surface area contributed by atoms with Crippen LogP contribution in [0.4, 0.5) is 11.5 Å². The number of benzene rings is 2. The zero-order valence-electron chi connectivity index (χ0n) is 16.5. The average molecular weight is 388 g/mol. The van der Waals surface area contributed by atoms with Gasteiger partial charge in [-0.2, -0.15) is 0 Å². The van der Waals surface area contributed by atoms with Crippen LogP contribution in [-0.4, -0.2) is 49.9 Å². The predicted octanol–water partition coefficient (Wildman–Crippen LogP) is 3.62. The second-order valence-corrected chi connectivity index (χ2v) is 7.25. The summed E-state index contributed by atoms with van der Waals surface area (Å²) in [6, 6.07) is 16.3. The number of nitrogens with zero attached hydrogens (tertiary/aromatic N) is 3. The van der Waals surface area contributed by atoms with Crippen LogP contribution in [0.2, 0.25) is 0 Å². The highest BCUT2D eigenvalue weighted by Crippen LogP contribution is 2.37. The molecule has 5 rings (SSSR count). The van der Waals surface area contributed by atoms with E-state index in [1.807, 2.05) is 24.3 Å². The number of anilines is 2. The molecule has 0 bridgehead atoms. The van der Waals surface area contributed by atoms with Gasteiger partial charge in [-0.1, -0.05) is 18.2 Å². The van der Waals surface area contributed by atoms with Crippen molar-refractivity contribution in [2.24, 2.45) is 0 Å². The Kier molecular flexibility index (Phi) is 4.77. The van der Waals surface area contributed by atoms with Crippen LogP contribution in [0.5, 0.6) is 5.75 Å². The molecule has 1 N–H and O–H groups in total. The van der Waals surface area contributed by atoms with Crippen molar-refractivity contribution in [1.29, 1.82) is 0 Å². The van der Waals surface area contributed by atoms with Crippen LogP contribution in [0.1, 0.15) is 5.56 Å². The Balaban J connectivity index is 1.70. The highest BCUT2D eigenvalue weighted by Gasteiger charge is 2.25. The standard InChI is InChI=1S/C23H24N4O2/c1-28-17-8-6-16(7-9-17)22-25-21-18-4-2-3-5-20(18)24-11-10-19(21)23(26-22)27-12-14-29-15-13-27/h2-9,24H,10-15H2,1H3. The molecule has 1 fully saturated rings. The molecule has 6 heteroatoms. The second kappa shape index (κ2) is 7.72. The lowest BCUT2D eigenvalue weighted by atomic mass is 10.0. The van der Waals surface area contributed by atoms with Crippen molar-refractivity contribution in [1.82, 2.24) is 9.97 Å². The minimum atomic E-state index is 0.728. The van der Waals surface area contributed by atoms with E-state index in [-0.39, 0.29) is 0 Å². The van der Waals surface area contributed by atoms with Crippen molar-refractivity contribution < 1.29 is 9.47 Å². The molecule has 3 heterocycles. The summed E-state index contributed by atoms with van der Waals surface area (Å²) in [7, 11) is 1.67. The highest BCUT2D eigenvalue weighted by atomic mass is 16.5. The summed E-state index contributed by atoms with van der Waals surface area (Å²) in [6.45, 7) is 4.02. The molecular formula is C23H24N4O2. The van der Waals surface area contributed by atoms with Gasteiger partial charge in [-0.15, -0.1) is 0 Å². The van der Waals surface area contributed by atoms with E-state index in [2.05, 4.69) is 34.5 Å². The zero-order chi connectivity index (χ0) is 19.6. The van der Waals surface area contributed by atoms with E-state index in [1.165, 1.54) is 5.56 Å². The summed E-state index contributed by atoms with van der Waals surface area (Å²) in [5, 5.41) is 3.55. The lowest BCUT2D eigenvalue weighted by Gasteiger charge is -2.30. The monoisotopic (exact) mass is 388 g/mol. The third-order valence-electron chi connectivity index (χ3n) is 5.52. The van der Waals surface area contributed by atoms with E-state index in [4.69, 9.17) is 19.4 Å². The lowest BCUT2D eigenvalue weighted by molar-refractivity contribution is 0.122. The van der Waals surface area contributed by atoms with Crippen LogP contribution in [0.25, 0.3) is 22.6 Å². The Morgan fingerprint density at radius 2 is 1.79 bits per heavy atom. The molecule has 0 aliphatic carbocycles. The van der Waals surface area contributed by atoms with Crippen molar-refractivity contribution >= 4 is 11.5 Å². The number of nitrogens with one attached hydrogen (secondary N) is 1. The lowest BCUT2D eigenvalue weighted by Crippen LogP contribution is -2.37. The van der Waals surface area contributed by atoms with E-state index >= 15 is 0 Å². The third kappa shape index (κ3) is 3.40. The molecule has 2 aromatic carbocycles. The minimum absolute atomic E-state index is 0.728. The Morgan fingerprint density at radius 1 is 1.00 bits per heavy atom. The first-order chi connectivity index (χ1) is 14.3. The van der Waals surface area contributed by atoms with Gasteiger partial charge in [0.05, 0.1) is 26.0 Å². The van der Waals surface area contributed by atoms with Crippen LogP contribution in [0.3, 0.4) is 0 Å². The molecule has 0 spiro atoms. The molecule has 2 aliphatic heterocycles. The van der Waals surface area contributed by atoms with Gasteiger partial charge in [0, 0.05) is 42.0 Å². The summed E-state index contributed by atoms with van der Waals surface area (Å²) in [5.41, 5.74) is 5.47. The Labute approximate surface area is 170 Å². The number of aromatic nitrogens is 2. The van der Waals surface area contributed by atoms with E-state index in [0.29, 0.717) is 0 Å². The highest BCUT2D eigenvalue weighted by molar-refractivity contribution is 5.82. The normalized spacial score (nSPS) is 15.7. The second-order valence-electron chi connectivity index (χ2n) is 7.25. The molecule has 2 aliphatic rings. The first-order valence-corrected chi connectivity index (χ1v) is 10.0. The van der Waals surface area contributed by atoms with Crippen molar-refractivity contribution in [3.63, 3.8) is 0 Å². The molecule has 0 amide bonds. The zero-order valence-corrected chi connectivity index (χ0v) is 16.5. The smallest absolute Gasteiger partial charge is 0.162 e. The van der Waals surface area contributed by atoms with Gasteiger partial charge < -0.3 is 19.7 Å². The summed E-state index contributed by atoms with van der Waals surface area (Å²) in [4.78, 5) is 12.4. The number of ether oxygens (including phenoxy) is 2. The first kappa shape index (κ1) is 17.9. The quantitative estimate of drug-likeness (QED) is 0.740. The molecular weight excluding hydrogens is 364 g/mol. The number of rotatable bonds is 3. The summed E-state index contributed by atoms with van der Waals surface area (Å²) >= 11 is 0. The number of para-hydroxylation sites is 1. The van der Waals surface area contributed by atoms with Gasteiger partial charge in [0.15, 0.2) is 5.82 Å². The van der Waals surface area contributed by atoms with Gasteiger partial charge in [0.25, 0.3) is 0 Å². The Hall–Kier alpha value is -3.12. The van der Waals surface area contributed by atoms with Crippen LogP contribution in [0, 0.1) is 0 Å². The Morgan fingerprint density at radius 3 is 2.59 bits per heavy atom. The number of morpholine rings is 1. The maximum atomic E-state index is 5.58. The minimum Gasteiger partial charge on any atom is -0.497 e.